The summed E-state index contributed by atoms with van der Waals surface area (Å²) in [5.74, 6) is 0.527. The lowest BCUT2D eigenvalue weighted by Crippen LogP contribution is -2.46. The highest BCUT2D eigenvalue weighted by atomic mass is 16.3. The molecule has 0 bridgehead atoms. The Labute approximate surface area is 107 Å². The molecule has 0 saturated heterocycles. The fraction of sp³-hybridized carbons (Fsp3) is 0.538. The molecular weight excluding hydrogens is 230 g/mol. The molecule has 0 spiro atoms. The minimum atomic E-state index is -0.264. The van der Waals surface area contributed by atoms with Crippen molar-refractivity contribution in [2.45, 2.75) is 32.2 Å². The maximum Gasteiger partial charge on any atom is 0.320 e. The summed E-state index contributed by atoms with van der Waals surface area (Å²) in [4.78, 5) is 15.9. The zero-order valence-corrected chi connectivity index (χ0v) is 10.5. The maximum absolute atomic E-state index is 11.8. The highest BCUT2D eigenvalue weighted by Crippen LogP contribution is 2.37. The number of carbonyl (C=O) groups is 1. The first-order chi connectivity index (χ1) is 8.64. The molecule has 2 amide bonds. The van der Waals surface area contributed by atoms with Crippen molar-refractivity contribution in [2.75, 3.05) is 11.9 Å². The van der Waals surface area contributed by atoms with Gasteiger partial charge in [0.1, 0.15) is 5.82 Å². The Balaban J connectivity index is 1.92. The second-order valence-corrected chi connectivity index (χ2v) is 5.07. The van der Waals surface area contributed by atoms with E-state index in [-0.39, 0.29) is 24.1 Å². The van der Waals surface area contributed by atoms with Gasteiger partial charge in [0.25, 0.3) is 0 Å². The lowest BCUT2D eigenvalue weighted by molar-refractivity contribution is 0.122. The molecule has 5 nitrogen and oxygen atoms in total. The predicted octanol–water partition coefficient (Wildman–Crippen LogP) is 1.75. The predicted molar refractivity (Wildman–Crippen MR) is 69.2 cm³/mol. The molecule has 0 radical (unpaired) electrons. The molecule has 1 heterocycles. The van der Waals surface area contributed by atoms with Crippen LogP contribution in [0.2, 0.25) is 0 Å². The van der Waals surface area contributed by atoms with E-state index in [2.05, 4.69) is 15.6 Å². The van der Waals surface area contributed by atoms with Gasteiger partial charge in [-0.15, -0.1) is 0 Å². The molecule has 5 heteroatoms. The Hall–Kier alpha value is -1.62. The van der Waals surface area contributed by atoms with Crippen LogP contribution < -0.4 is 10.6 Å². The molecule has 3 N–H and O–H groups in total. The number of hydrogen-bond donors (Lipinski definition) is 3. The van der Waals surface area contributed by atoms with E-state index in [0.717, 1.165) is 19.3 Å². The topological polar surface area (TPSA) is 74.2 Å². The van der Waals surface area contributed by atoms with Gasteiger partial charge in [0.15, 0.2) is 0 Å². The third-order valence-electron chi connectivity index (χ3n) is 3.65. The Morgan fingerprint density at radius 2 is 2.44 bits per heavy atom. The molecule has 2 unspecified atom stereocenters. The number of nitrogens with one attached hydrogen (secondary N) is 2. The summed E-state index contributed by atoms with van der Waals surface area (Å²) in [6.07, 6.45) is 4.51. The number of rotatable bonds is 3. The number of aliphatic hydroxyl groups is 1. The van der Waals surface area contributed by atoms with E-state index in [1.54, 1.807) is 18.3 Å². The van der Waals surface area contributed by atoms with Gasteiger partial charge in [-0.05, 0) is 25.0 Å². The zero-order chi connectivity index (χ0) is 13.0. The van der Waals surface area contributed by atoms with E-state index < -0.39 is 0 Å². The fourth-order valence-corrected chi connectivity index (χ4v) is 2.42. The first-order valence-electron chi connectivity index (χ1n) is 6.23. The number of aliphatic hydroxyl groups excluding tert-OH is 1. The summed E-state index contributed by atoms with van der Waals surface area (Å²) < 4.78 is 0. The second-order valence-electron chi connectivity index (χ2n) is 5.07. The SMILES string of the molecule is CC1(CO)CCCC1NC(=O)Nc1ccccn1. The van der Waals surface area contributed by atoms with Crippen LogP contribution in [0.3, 0.4) is 0 Å². The van der Waals surface area contributed by atoms with Gasteiger partial charge in [0.2, 0.25) is 0 Å². The van der Waals surface area contributed by atoms with Gasteiger partial charge < -0.3 is 10.4 Å². The molecule has 18 heavy (non-hydrogen) atoms. The van der Waals surface area contributed by atoms with Crippen LogP contribution in [0.15, 0.2) is 24.4 Å². The van der Waals surface area contributed by atoms with E-state index in [9.17, 15) is 9.90 Å². The number of pyridine rings is 1. The van der Waals surface area contributed by atoms with E-state index in [0.29, 0.717) is 5.82 Å². The third kappa shape index (κ3) is 2.79. The van der Waals surface area contributed by atoms with Crippen molar-refractivity contribution < 1.29 is 9.90 Å². The first kappa shape index (κ1) is 12.8. The highest BCUT2D eigenvalue weighted by molar-refractivity contribution is 5.88. The standard InChI is InChI=1S/C13H19N3O2/c1-13(9-17)7-4-5-10(13)15-12(18)16-11-6-2-3-8-14-11/h2-3,6,8,10,17H,4-5,7,9H2,1H3,(H2,14,15,16,18). The van der Waals surface area contributed by atoms with Crippen LogP contribution in [0.4, 0.5) is 10.6 Å². The molecule has 1 fully saturated rings. The van der Waals surface area contributed by atoms with Crippen LogP contribution in [0.5, 0.6) is 0 Å². The smallest absolute Gasteiger partial charge is 0.320 e. The van der Waals surface area contributed by atoms with Gasteiger partial charge in [0, 0.05) is 17.7 Å². The van der Waals surface area contributed by atoms with Gasteiger partial charge in [-0.1, -0.05) is 19.4 Å². The van der Waals surface area contributed by atoms with Crippen LogP contribution in [0.1, 0.15) is 26.2 Å². The summed E-state index contributed by atoms with van der Waals surface area (Å²) in [5.41, 5.74) is -0.207. The number of amides is 2. The molecule has 2 atom stereocenters. The number of urea groups is 1. The molecule has 1 aromatic rings. The normalized spacial score (nSPS) is 26.9. The minimum absolute atomic E-state index is 0.0196. The second kappa shape index (κ2) is 5.35. The maximum atomic E-state index is 11.8. The molecule has 1 aromatic heterocycles. The summed E-state index contributed by atoms with van der Waals surface area (Å²) >= 11 is 0. The van der Waals surface area contributed by atoms with E-state index in [4.69, 9.17) is 0 Å². The Morgan fingerprint density at radius 3 is 3.11 bits per heavy atom. The lowest BCUT2D eigenvalue weighted by Gasteiger charge is -2.29. The molecule has 1 saturated carbocycles. The molecule has 1 aliphatic rings. The van der Waals surface area contributed by atoms with Crippen molar-refractivity contribution in [3.8, 4) is 0 Å². The largest absolute Gasteiger partial charge is 0.396 e. The quantitative estimate of drug-likeness (QED) is 0.764. The van der Waals surface area contributed by atoms with Gasteiger partial charge in [-0.25, -0.2) is 9.78 Å². The molecule has 0 aliphatic heterocycles. The van der Waals surface area contributed by atoms with Gasteiger partial charge in [-0.2, -0.15) is 0 Å². The van der Waals surface area contributed by atoms with Crippen LogP contribution in [0, 0.1) is 5.41 Å². The number of carbonyl (C=O) groups excluding carboxylic acids is 1. The van der Waals surface area contributed by atoms with E-state index >= 15 is 0 Å². The highest BCUT2D eigenvalue weighted by Gasteiger charge is 2.39. The van der Waals surface area contributed by atoms with Gasteiger partial charge in [0.05, 0.1) is 6.61 Å². The fourth-order valence-electron chi connectivity index (χ4n) is 2.42. The Kier molecular flexibility index (Phi) is 3.81. The number of hydrogen-bond acceptors (Lipinski definition) is 3. The molecule has 2 rings (SSSR count). The average Bonchev–Trinajstić information content (AvgIpc) is 2.73. The van der Waals surface area contributed by atoms with Crippen molar-refractivity contribution >= 4 is 11.8 Å². The van der Waals surface area contributed by atoms with Gasteiger partial charge >= 0.3 is 6.03 Å². The number of aromatic nitrogens is 1. The molecule has 1 aliphatic carbocycles. The summed E-state index contributed by atoms with van der Waals surface area (Å²) in [6, 6.07) is 5.10. The van der Waals surface area contributed by atoms with E-state index in [1.165, 1.54) is 0 Å². The van der Waals surface area contributed by atoms with Gasteiger partial charge in [-0.3, -0.25) is 5.32 Å². The number of nitrogens with zero attached hydrogens (tertiary/aromatic N) is 1. The summed E-state index contributed by atoms with van der Waals surface area (Å²) in [6.45, 7) is 2.10. The molecule has 98 valence electrons. The molecular formula is C13H19N3O2. The third-order valence-corrected chi connectivity index (χ3v) is 3.65. The molecule has 0 aromatic carbocycles. The van der Waals surface area contributed by atoms with Crippen molar-refractivity contribution in [2.24, 2.45) is 5.41 Å². The monoisotopic (exact) mass is 249 g/mol. The Morgan fingerprint density at radius 1 is 1.61 bits per heavy atom. The van der Waals surface area contributed by atoms with Crippen LogP contribution >= 0.6 is 0 Å². The summed E-state index contributed by atoms with van der Waals surface area (Å²) in [7, 11) is 0. The van der Waals surface area contributed by atoms with Crippen LogP contribution in [-0.4, -0.2) is 28.8 Å². The average molecular weight is 249 g/mol. The van der Waals surface area contributed by atoms with Crippen molar-refractivity contribution in [3.05, 3.63) is 24.4 Å². The lowest BCUT2D eigenvalue weighted by atomic mass is 9.86. The first-order valence-corrected chi connectivity index (χ1v) is 6.23. The summed E-state index contributed by atoms with van der Waals surface area (Å²) in [5, 5.41) is 15.0. The zero-order valence-electron chi connectivity index (χ0n) is 10.5. The van der Waals surface area contributed by atoms with E-state index in [1.807, 2.05) is 13.0 Å². The number of anilines is 1. The van der Waals surface area contributed by atoms with Crippen molar-refractivity contribution in [1.29, 1.82) is 0 Å². The van der Waals surface area contributed by atoms with Crippen LogP contribution in [0.25, 0.3) is 0 Å². The van der Waals surface area contributed by atoms with Crippen molar-refractivity contribution in [1.82, 2.24) is 10.3 Å². The van der Waals surface area contributed by atoms with Crippen LogP contribution in [-0.2, 0) is 0 Å². The minimum Gasteiger partial charge on any atom is -0.396 e. The van der Waals surface area contributed by atoms with Crippen molar-refractivity contribution in [3.63, 3.8) is 0 Å². The Bertz CT molecular complexity index is 410.